The van der Waals surface area contributed by atoms with Gasteiger partial charge in [0, 0.05) is 30.1 Å². The third-order valence-corrected chi connectivity index (χ3v) is 9.01. The topological polar surface area (TPSA) is 101 Å². The molecule has 0 unspecified atom stereocenters. The van der Waals surface area contributed by atoms with E-state index in [-0.39, 0.29) is 29.2 Å². The molecule has 2 saturated heterocycles. The van der Waals surface area contributed by atoms with Crippen LogP contribution in [0.5, 0.6) is 0 Å². The van der Waals surface area contributed by atoms with Crippen LogP contribution < -0.4 is 0 Å². The lowest BCUT2D eigenvalue weighted by Gasteiger charge is -2.33. The Morgan fingerprint density at radius 2 is 1.91 bits per heavy atom. The number of benzene rings is 1. The van der Waals surface area contributed by atoms with Crippen LogP contribution >= 0.6 is 11.8 Å². The van der Waals surface area contributed by atoms with Gasteiger partial charge in [-0.05, 0) is 44.7 Å². The Kier molecular flexibility index (Phi) is 8.81. The van der Waals surface area contributed by atoms with Crippen LogP contribution in [-0.4, -0.2) is 85.0 Å². The summed E-state index contributed by atoms with van der Waals surface area (Å²) in [6.45, 7) is 4.90. The van der Waals surface area contributed by atoms with E-state index < -0.39 is 34.4 Å². The SMILES string of the molecule is CC[C@H](C)N(C(=O)COC(=O)c1ccccc1SCC(=O)N1CCCC1)[C@@H]1CCS(=O)(=O)C1. The number of nitrogens with zero attached hydrogens (tertiary/aromatic N) is 2. The first-order valence-corrected chi connectivity index (χ1v) is 14.2. The average molecular weight is 497 g/mol. The van der Waals surface area contributed by atoms with E-state index in [0.29, 0.717) is 23.3 Å². The maximum absolute atomic E-state index is 12.9. The summed E-state index contributed by atoms with van der Waals surface area (Å²) < 4.78 is 29.2. The Labute approximate surface area is 199 Å². The molecule has 0 aromatic heterocycles. The smallest absolute Gasteiger partial charge is 0.339 e. The molecule has 0 bridgehead atoms. The average Bonchev–Trinajstić information content (AvgIpc) is 3.46. The van der Waals surface area contributed by atoms with Gasteiger partial charge in [-0.25, -0.2) is 13.2 Å². The minimum atomic E-state index is -3.15. The zero-order valence-corrected chi connectivity index (χ0v) is 20.8. The maximum Gasteiger partial charge on any atom is 0.339 e. The van der Waals surface area contributed by atoms with Crippen LogP contribution in [0.2, 0.25) is 0 Å². The lowest BCUT2D eigenvalue weighted by atomic mass is 10.1. The summed E-state index contributed by atoms with van der Waals surface area (Å²) in [7, 11) is -3.15. The highest BCUT2D eigenvalue weighted by molar-refractivity contribution is 8.00. The number of amides is 2. The summed E-state index contributed by atoms with van der Waals surface area (Å²) >= 11 is 1.29. The third kappa shape index (κ3) is 6.72. The number of carbonyl (C=O) groups is 3. The van der Waals surface area contributed by atoms with Gasteiger partial charge in [-0.2, -0.15) is 0 Å². The molecule has 0 spiro atoms. The molecule has 2 atom stereocenters. The predicted octanol–water partition coefficient (Wildman–Crippen LogP) is 2.37. The lowest BCUT2D eigenvalue weighted by molar-refractivity contribution is -0.138. The van der Waals surface area contributed by atoms with Crippen LogP contribution in [0.1, 0.15) is 49.9 Å². The zero-order chi connectivity index (χ0) is 24.0. The number of esters is 1. The first-order valence-electron chi connectivity index (χ1n) is 11.4. The van der Waals surface area contributed by atoms with Crippen molar-refractivity contribution in [3.63, 3.8) is 0 Å². The first kappa shape index (κ1) is 25.6. The molecule has 3 rings (SSSR count). The molecule has 8 nitrogen and oxygen atoms in total. The Bertz CT molecular complexity index is 975. The van der Waals surface area contributed by atoms with Gasteiger partial charge in [0.2, 0.25) is 5.91 Å². The molecule has 33 heavy (non-hydrogen) atoms. The van der Waals surface area contributed by atoms with Crippen LogP contribution in [0, 0.1) is 0 Å². The summed E-state index contributed by atoms with van der Waals surface area (Å²) in [4.78, 5) is 42.1. The van der Waals surface area contributed by atoms with E-state index in [1.807, 2.05) is 18.7 Å². The molecule has 10 heteroatoms. The Morgan fingerprint density at radius 3 is 2.55 bits per heavy atom. The highest BCUT2D eigenvalue weighted by Crippen LogP contribution is 2.25. The highest BCUT2D eigenvalue weighted by Gasteiger charge is 2.36. The van der Waals surface area contributed by atoms with Gasteiger partial charge in [0.25, 0.3) is 5.91 Å². The molecule has 182 valence electrons. The summed E-state index contributed by atoms with van der Waals surface area (Å²) in [5, 5.41) is 0. The molecule has 1 aromatic rings. The number of likely N-dealkylation sites (tertiary alicyclic amines) is 1. The van der Waals surface area contributed by atoms with E-state index in [0.717, 1.165) is 25.9 Å². The maximum atomic E-state index is 12.9. The van der Waals surface area contributed by atoms with E-state index in [9.17, 15) is 22.8 Å². The second kappa shape index (κ2) is 11.4. The molecular formula is C23H32N2O6S2. The molecule has 2 amide bonds. The molecule has 1 aromatic carbocycles. The van der Waals surface area contributed by atoms with Gasteiger partial charge in [-0.1, -0.05) is 19.1 Å². The number of ether oxygens (including phenoxy) is 1. The van der Waals surface area contributed by atoms with Gasteiger partial charge < -0.3 is 14.5 Å². The number of sulfone groups is 1. The standard InChI is InChI=1S/C23H32N2O6S2/c1-3-17(2)25(18-10-13-33(29,30)16-18)21(26)14-31-23(28)19-8-4-5-9-20(19)32-15-22(27)24-11-6-7-12-24/h4-5,8-9,17-18H,3,6-7,10-16H2,1-2H3/t17-,18+/m0/s1. The van der Waals surface area contributed by atoms with Crippen molar-refractivity contribution in [1.82, 2.24) is 9.80 Å². The van der Waals surface area contributed by atoms with E-state index >= 15 is 0 Å². The molecular weight excluding hydrogens is 464 g/mol. The summed E-state index contributed by atoms with van der Waals surface area (Å²) in [6.07, 6.45) is 3.11. The van der Waals surface area contributed by atoms with Crippen molar-refractivity contribution in [2.75, 3.05) is 37.0 Å². The second-order valence-corrected chi connectivity index (χ2v) is 11.8. The van der Waals surface area contributed by atoms with Crippen molar-refractivity contribution in [2.45, 2.75) is 56.5 Å². The highest BCUT2D eigenvalue weighted by atomic mass is 32.2. The van der Waals surface area contributed by atoms with Crippen molar-refractivity contribution >= 4 is 39.4 Å². The predicted molar refractivity (Wildman–Crippen MR) is 127 cm³/mol. The van der Waals surface area contributed by atoms with Crippen molar-refractivity contribution < 1.29 is 27.5 Å². The van der Waals surface area contributed by atoms with Crippen molar-refractivity contribution in [2.24, 2.45) is 0 Å². The van der Waals surface area contributed by atoms with Gasteiger partial charge in [0.05, 0.1) is 22.8 Å². The number of hydrogen-bond acceptors (Lipinski definition) is 7. The Hall–Kier alpha value is -2.07. The Morgan fingerprint density at radius 1 is 1.21 bits per heavy atom. The van der Waals surface area contributed by atoms with Gasteiger partial charge in [0.1, 0.15) is 0 Å². The molecule has 0 radical (unpaired) electrons. The molecule has 0 saturated carbocycles. The fourth-order valence-electron chi connectivity index (χ4n) is 4.24. The largest absolute Gasteiger partial charge is 0.452 e. The van der Waals surface area contributed by atoms with Gasteiger partial charge >= 0.3 is 5.97 Å². The lowest BCUT2D eigenvalue weighted by Crippen LogP contribution is -2.48. The number of hydrogen-bond donors (Lipinski definition) is 0. The Balaban J connectivity index is 1.61. The van der Waals surface area contributed by atoms with E-state index in [1.54, 1.807) is 29.2 Å². The second-order valence-electron chi connectivity index (χ2n) is 8.56. The van der Waals surface area contributed by atoms with Crippen LogP contribution in [0.4, 0.5) is 0 Å². The van der Waals surface area contributed by atoms with E-state index in [2.05, 4.69) is 0 Å². The molecule has 2 heterocycles. The van der Waals surface area contributed by atoms with Gasteiger partial charge in [-0.3, -0.25) is 9.59 Å². The summed E-state index contributed by atoms with van der Waals surface area (Å²) in [6, 6.07) is 6.32. The number of rotatable bonds is 9. The number of carbonyl (C=O) groups excluding carboxylic acids is 3. The van der Waals surface area contributed by atoms with Crippen molar-refractivity contribution in [1.29, 1.82) is 0 Å². The molecule has 2 aliphatic rings. The summed E-state index contributed by atoms with van der Waals surface area (Å²) in [5.74, 6) is -0.731. The van der Waals surface area contributed by atoms with E-state index in [4.69, 9.17) is 4.74 Å². The van der Waals surface area contributed by atoms with Crippen molar-refractivity contribution in [3.8, 4) is 0 Å². The molecule has 0 N–H and O–H groups in total. The minimum Gasteiger partial charge on any atom is -0.452 e. The fourth-order valence-corrected chi connectivity index (χ4v) is 6.89. The molecule has 2 aliphatic heterocycles. The normalized spacial score (nSPS) is 20.4. The van der Waals surface area contributed by atoms with Crippen LogP contribution in [-0.2, 0) is 24.2 Å². The van der Waals surface area contributed by atoms with E-state index in [1.165, 1.54) is 11.8 Å². The molecule has 0 aliphatic carbocycles. The molecule has 2 fully saturated rings. The van der Waals surface area contributed by atoms with Crippen LogP contribution in [0.3, 0.4) is 0 Å². The van der Waals surface area contributed by atoms with Crippen molar-refractivity contribution in [3.05, 3.63) is 29.8 Å². The van der Waals surface area contributed by atoms with Gasteiger partial charge in [-0.15, -0.1) is 11.8 Å². The fraction of sp³-hybridized carbons (Fsp3) is 0.609. The first-order chi connectivity index (χ1) is 15.7. The monoisotopic (exact) mass is 496 g/mol. The van der Waals surface area contributed by atoms with Gasteiger partial charge in [0.15, 0.2) is 16.4 Å². The van der Waals surface area contributed by atoms with Crippen LogP contribution in [0.15, 0.2) is 29.2 Å². The number of thioether (sulfide) groups is 1. The zero-order valence-electron chi connectivity index (χ0n) is 19.2. The quantitative estimate of drug-likeness (QED) is 0.382. The summed E-state index contributed by atoms with van der Waals surface area (Å²) in [5.41, 5.74) is 0.308. The minimum absolute atomic E-state index is 0.0477. The third-order valence-electron chi connectivity index (χ3n) is 6.20. The van der Waals surface area contributed by atoms with Crippen LogP contribution in [0.25, 0.3) is 0 Å².